The van der Waals surface area contributed by atoms with Crippen LogP contribution in [-0.4, -0.2) is 46.9 Å². The van der Waals surface area contributed by atoms with Crippen molar-refractivity contribution >= 4 is 21.6 Å². The molecular formula is C22H30N2O5S. The molecule has 1 N–H and O–H groups in total. The predicted octanol–water partition coefficient (Wildman–Crippen LogP) is 2.97. The number of hydrogen-bond acceptors (Lipinski definition) is 5. The molecule has 0 heterocycles. The molecule has 0 fully saturated rings. The fourth-order valence-corrected chi connectivity index (χ4v) is 4.27. The van der Waals surface area contributed by atoms with Gasteiger partial charge in [-0.2, -0.15) is 0 Å². The number of rotatable bonds is 9. The first-order valence-electron chi connectivity index (χ1n) is 9.66. The molecule has 8 heteroatoms. The van der Waals surface area contributed by atoms with Gasteiger partial charge < -0.3 is 14.8 Å². The minimum Gasteiger partial charge on any atom is -0.495 e. The van der Waals surface area contributed by atoms with E-state index in [9.17, 15) is 13.2 Å². The molecule has 1 atom stereocenters. The fraction of sp³-hybridized carbons (Fsp3) is 0.409. The topological polar surface area (TPSA) is 84.9 Å². The van der Waals surface area contributed by atoms with Gasteiger partial charge >= 0.3 is 0 Å². The molecule has 2 aromatic carbocycles. The Morgan fingerprint density at radius 2 is 1.70 bits per heavy atom. The molecular weight excluding hydrogens is 404 g/mol. The monoisotopic (exact) mass is 434 g/mol. The average molecular weight is 435 g/mol. The number of ether oxygens (including phenoxy) is 2. The van der Waals surface area contributed by atoms with Crippen LogP contribution in [-0.2, 0) is 14.8 Å². The Labute approximate surface area is 179 Å². The van der Waals surface area contributed by atoms with Gasteiger partial charge in [-0.05, 0) is 62.6 Å². The summed E-state index contributed by atoms with van der Waals surface area (Å²) in [6, 6.07) is 10.2. The first-order chi connectivity index (χ1) is 14.0. The summed E-state index contributed by atoms with van der Waals surface area (Å²) in [6.45, 7) is 7.85. The Kier molecular flexibility index (Phi) is 7.72. The van der Waals surface area contributed by atoms with Gasteiger partial charge in [-0.3, -0.25) is 9.10 Å². The smallest absolute Gasteiger partial charge is 0.243 e. The third kappa shape index (κ3) is 5.89. The number of methoxy groups -OCH3 is 1. The van der Waals surface area contributed by atoms with E-state index in [0.29, 0.717) is 11.4 Å². The van der Waals surface area contributed by atoms with Gasteiger partial charge in [0.1, 0.15) is 24.1 Å². The number of amides is 1. The van der Waals surface area contributed by atoms with Gasteiger partial charge in [0.25, 0.3) is 0 Å². The van der Waals surface area contributed by atoms with E-state index in [-0.39, 0.29) is 13.2 Å². The highest BCUT2D eigenvalue weighted by Crippen LogP contribution is 2.32. The normalized spacial score (nSPS) is 12.2. The Morgan fingerprint density at radius 3 is 2.33 bits per heavy atom. The van der Waals surface area contributed by atoms with E-state index in [4.69, 9.17) is 9.47 Å². The number of carbonyl (C=O) groups excluding carboxylic acids is 1. The van der Waals surface area contributed by atoms with E-state index < -0.39 is 22.0 Å². The van der Waals surface area contributed by atoms with Gasteiger partial charge in [0.05, 0.1) is 25.6 Å². The maximum atomic E-state index is 12.7. The zero-order valence-electron chi connectivity index (χ0n) is 18.4. The van der Waals surface area contributed by atoms with E-state index in [1.54, 1.807) is 19.1 Å². The Bertz CT molecular complexity index is 1000. The molecule has 0 aliphatic heterocycles. The van der Waals surface area contributed by atoms with Crippen LogP contribution in [0.3, 0.4) is 0 Å². The first kappa shape index (κ1) is 23.5. The Balaban J connectivity index is 2.10. The molecule has 0 aliphatic rings. The summed E-state index contributed by atoms with van der Waals surface area (Å²) in [5, 5.41) is 2.75. The van der Waals surface area contributed by atoms with Crippen molar-refractivity contribution in [2.24, 2.45) is 0 Å². The highest BCUT2D eigenvalue weighted by atomic mass is 32.2. The van der Waals surface area contributed by atoms with Crippen LogP contribution in [0.4, 0.5) is 5.69 Å². The van der Waals surface area contributed by atoms with E-state index >= 15 is 0 Å². The van der Waals surface area contributed by atoms with Crippen molar-refractivity contribution in [1.82, 2.24) is 5.32 Å². The predicted molar refractivity (Wildman–Crippen MR) is 119 cm³/mol. The lowest BCUT2D eigenvalue weighted by atomic mass is 10.1. The summed E-state index contributed by atoms with van der Waals surface area (Å²) in [5.41, 5.74) is 3.28. The highest BCUT2D eigenvalue weighted by molar-refractivity contribution is 7.92. The molecule has 0 aliphatic carbocycles. The number of anilines is 1. The molecule has 0 aromatic heterocycles. The second kappa shape index (κ2) is 9.84. The number of nitrogens with zero attached hydrogens (tertiary/aromatic N) is 1. The molecule has 1 amide bonds. The number of hydrogen-bond donors (Lipinski definition) is 1. The van der Waals surface area contributed by atoms with Crippen LogP contribution in [0.2, 0.25) is 0 Å². The summed E-state index contributed by atoms with van der Waals surface area (Å²) in [4.78, 5) is 12.7. The molecule has 2 rings (SSSR count). The van der Waals surface area contributed by atoms with Crippen molar-refractivity contribution in [3.8, 4) is 11.5 Å². The number of nitrogens with one attached hydrogen (secondary N) is 1. The summed E-state index contributed by atoms with van der Waals surface area (Å²) in [6.07, 6.45) is 1.07. The summed E-state index contributed by atoms with van der Waals surface area (Å²) >= 11 is 0. The van der Waals surface area contributed by atoms with Crippen molar-refractivity contribution < 1.29 is 22.7 Å². The van der Waals surface area contributed by atoms with E-state index in [2.05, 4.69) is 5.32 Å². The molecule has 1 unspecified atom stereocenters. The van der Waals surface area contributed by atoms with Gasteiger partial charge in [0.2, 0.25) is 15.9 Å². The van der Waals surface area contributed by atoms with Gasteiger partial charge in [-0.15, -0.1) is 0 Å². The SMILES string of the molecule is COc1ccc(C)cc1N(C(C)C(=O)NCCOc1cc(C)ccc1C)S(C)(=O)=O. The van der Waals surface area contributed by atoms with Crippen LogP contribution in [0.5, 0.6) is 11.5 Å². The lowest BCUT2D eigenvalue weighted by Gasteiger charge is -2.29. The minimum atomic E-state index is -3.73. The molecule has 0 saturated carbocycles. The largest absolute Gasteiger partial charge is 0.495 e. The lowest BCUT2D eigenvalue weighted by molar-refractivity contribution is -0.121. The lowest BCUT2D eigenvalue weighted by Crippen LogP contribution is -2.48. The van der Waals surface area contributed by atoms with Gasteiger partial charge in [-0.25, -0.2) is 8.42 Å². The Morgan fingerprint density at radius 1 is 1.07 bits per heavy atom. The maximum absolute atomic E-state index is 12.7. The second-order valence-electron chi connectivity index (χ2n) is 7.32. The zero-order valence-corrected chi connectivity index (χ0v) is 19.2. The number of sulfonamides is 1. The molecule has 30 heavy (non-hydrogen) atoms. The quantitative estimate of drug-likeness (QED) is 0.614. The molecule has 0 bridgehead atoms. The second-order valence-corrected chi connectivity index (χ2v) is 9.18. The van der Waals surface area contributed by atoms with E-state index in [0.717, 1.165) is 33.0 Å². The molecule has 0 radical (unpaired) electrons. The summed E-state index contributed by atoms with van der Waals surface area (Å²) in [5.74, 6) is 0.719. The van der Waals surface area contributed by atoms with Crippen LogP contribution in [0, 0.1) is 20.8 Å². The van der Waals surface area contributed by atoms with Crippen LogP contribution in [0.15, 0.2) is 36.4 Å². The minimum absolute atomic E-state index is 0.249. The van der Waals surface area contributed by atoms with Crippen molar-refractivity contribution in [2.75, 3.05) is 30.8 Å². The average Bonchev–Trinajstić information content (AvgIpc) is 2.66. The van der Waals surface area contributed by atoms with Crippen LogP contribution >= 0.6 is 0 Å². The fourth-order valence-electron chi connectivity index (χ4n) is 3.10. The maximum Gasteiger partial charge on any atom is 0.243 e. The van der Waals surface area contributed by atoms with Crippen LogP contribution < -0.4 is 19.1 Å². The van der Waals surface area contributed by atoms with Crippen LogP contribution in [0.1, 0.15) is 23.6 Å². The number of aryl methyl sites for hydroxylation is 3. The van der Waals surface area contributed by atoms with Crippen molar-refractivity contribution in [1.29, 1.82) is 0 Å². The molecule has 7 nitrogen and oxygen atoms in total. The summed E-state index contributed by atoms with van der Waals surface area (Å²) < 4.78 is 37.2. The number of carbonyl (C=O) groups is 1. The van der Waals surface area contributed by atoms with Crippen molar-refractivity contribution in [3.05, 3.63) is 53.1 Å². The van der Waals surface area contributed by atoms with Crippen LogP contribution in [0.25, 0.3) is 0 Å². The molecule has 2 aromatic rings. The van der Waals surface area contributed by atoms with Crippen molar-refractivity contribution in [3.63, 3.8) is 0 Å². The summed E-state index contributed by atoms with van der Waals surface area (Å²) in [7, 11) is -2.27. The highest BCUT2D eigenvalue weighted by Gasteiger charge is 2.31. The number of benzene rings is 2. The van der Waals surface area contributed by atoms with Gasteiger partial charge in [0, 0.05) is 0 Å². The standard InChI is InChI=1S/C22H30N2O5S/c1-15-8-10-20(28-5)19(13-15)24(30(6,26)27)18(4)22(25)23-11-12-29-21-14-16(2)7-9-17(21)3/h7-10,13-14,18H,11-12H2,1-6H3,(H,23,25). The van der Waals surface area contributed by atoms with E-state index in [1.807, 2.05) is 45.0 Å². The van der Waals surface area contributed by atoms with E-state index in [1.165, 1.54) is 7.11 Å². The van der Waals surface area contributed by atoms with Gasteiger partial charge in [0.15, 0.2) is 0 Å². The molecule has 0 saturated heterocycles. The molecule has 164 valence electrons. The third-order valence-corrected chi connectivity index (χ3v) is 5.89. The third-order valence-electron chi connectivity index (χ3n) is 4.66. The first-order valence-corrected chi connectivity index (χ1v) is 11.5. The Hall–Kier alpha value is -2.74. The van der Waals surface area contributed by atoms with Crippen molar-refractivity contribution in [2.45, 2.75) is 33.7 Å². The molecule has 0 spiro atoms. The van der Waals surface area contributed by atoms with Gasteiger partial charge in [-0.1, -0.05) is 18.2 Å². The zero-order chi connectivity index (χ0) is 22.5.